The zero-order valence-corrected chi connectivity index (χ0v) is 16.9. The number of ether oxygens (including phenoxy) is 2. The van der Waals surface area contributed by atoms with E-state index in [0.717, 1.165) is 10.0 Å². The number of halogens is 1. The molecule has 1 N–H and O–H groups in total. The Morgan fingerprint density at radius 1 is 1.12 bits per heavy atom. The smallest absolute Gasteiger partial charge is 0.262 e. The normalized spacial score (nSPS) is 11.1. The summed E-state index contributed by atoms with van der Waals surface area (Å²) >= 11 is 3.51. The van der Waals surface area contributed by atoms with Gasteiger partial charge < -0.3 is 14.8 Å². The molecule has 0 radical (unpaired) electrons. The summed E-state index contributed by atoms with van der Waals surface area (Å²) < 4.78 is 11.7. The van der Waals surface area contributed by atoms with Crippen LogP contribution in [0.25, 0.3) is 0 Å². The molecule has 0 unspecified atom stereocenters. The number of methoxy groups -OCH3 is 1. The summed E-state index contributed by atoms with van der Waals surface area (Å²) in [5.41, 5.74) is 2.93. The molecule has 2 rings (SSSR count). The van der Waals surface area contributed by atoms with Gasteiger partial charge in [0, 0.05) is 0 Å². The van der Waals surface area contributed by atoms with Gasteiger partial charge >= 0.3 is 0 Å². The lowest BCUT2D eigenvalue weighted by Gasteiger charge is -2.20. The van der Waals surface area contributed by atoms with Crippen LogP contribution in [0.4, 0.5) is 5.69 Å². The maximum absolute atomic E-state index is 12.2. The molecule has 0 aromatic heterocycles. The molecule has 0 aliphatic heterocycles. The third-order valence-corrected chi connectivity index (χ3v) is 4.41. The molecule has 0 heterocycles. The van der Waals surface area contributed by atoms with E-state index in [4.69, 9.17) is 9.47 Å². The van der Waals surface area contributed by atoms with Gasteiger partial charge in [-0.05, 0) is 63.7 Å². The lowest BCUT2D eigenvalue weighted by molar-refractivity contribution is -0.118. The van der Waals surface area contributed by atoms with Crippen molar-refractivity contribution in [3.05, 3.63) is 52.0 Å². The largest absolute Gasteiger partial charge is 0.495 e. The van der Waals surface area contributed by atoms with Crippen LogP contribution in [0, 0.1) is 6.92 Å². The fraction of sp³-hybridized carbons (Fsp3) is 0.350. The minimum Gasteiger partial charge on any atom is -0.495 e. The Bertz CT molecular complexity index is 766. The molecule has 0 aliphatic rings. The highest BCUT2D eigenvalue weighted by Crippen LogP contribution is 2.31. The van der Waals surface area contributed by atoms with Gasteiger partial charge in [-0.15, -0.1) is 0 Å². The molecule has 0 spiro atoms. The summed E-state index contributed by atoms with van der Waals surface area (Å²) in [6, 6.07) is 11.5. The van der Waals surface area contributed by atoms with Gasteiger partial charge in [0.05, 0.1) is 17.3 Å². The number of hydrogen-bond donors (Lipinski definition) is 1. The second kappa shape index (κ2) is 7.91. The molecule has 0 bridgehead atoms. The van der Waals surface area contributed by atoms with Gasteiger partial charge in [0.25, 0.3) is 5.91 Å². The van der Waals surface area contributed by atoms with Crippen molar-refractivity contribution in [3.8, 4) is 11.5 Å². The topological polar surface area (TPSA) is 47.6 Å². The van der Waals surface area contributed by atoms with Gasteiger partial charge in [0.15, 0.2) is 6.61 Å². The zero-order chi connectivity index (χ0) is 18.6. The summed E-state index contributed by atoms with van der Waals surface area (Å²) in [6.07, 6.45) is 0. The Labute approximate surface area is 157 Å². The van der Waals surface area contributed by atoms with E-state index in [2.05, 4.69) is 42.0 Å². The molecular formula is C20H24BrNO3. The maximum Gasteiger partial charge on any atom is 0.262 e. The molecule has 0 fully saturated rings. The van der Waals surface area contributed by atoms with E-state index in [9.17, 15) is 4.79 Å². The lowest BCUT2D eigenvalue weighted by atomic mass is 9.87. The first-order valence-electron chi connectivity index (χ1n) is 8.08. The molecule has 134 valence electrons. The number of benzene rings is 2. The Balaban J connectivity index is 2.02. The van der Waals surface area contributed by atoms with E-state index in [1.807, 2.05) is 43.3 Å². The van der Waals surface area contributed by atoms with Gasteiger partial charge in [-0.2, -0.15) is 0 Å². The summed E-state index contributed by atoms with van der Waals surface area (Å²) in [5.74, 6) is 1.02. The Kier molecular flexibility index (Phi) is 6.11. The first-order chi connectivity index (χ1) is 11.7. The standard InChI is InChI=1S/C20H24BrNO3/c1-13-6-8-18(24-5)16(10-13)22-19(23)12-25-17-9-7-14(11-15(17)21)20(2,3)4/h6-11H,12H2,1-5H3,(H,22,23). The van der Waals surface area contributed by atoms with E-state index in [-0.39, 0.29) is 17.9 Å². The van der Waals surface area contributed by atoms with Crippen LogP contribution in [0.15, 0.2) is 40.9 Å². The van der Waals surface area contributed by atoms with Crippen LogP contribution in [0.2, 0.25) is 0 Å². The van der Waals surface area contributed by atoms with Crippen molar-refractivity contribution in [2.24, 2.45) is 0 Å². The van der Waals surface area contributed by atoms with Gasteiger partial charge in [0.1, 0.15) is 11.5 Å². The van der Waals surface area contributed by atoms with Crippen LogP contribution in [0.3, 0.4) is 0 Å². The molecule has 0 saturated heterocycles. The molecule has 1 amide bonds. The van der Waals surface area contributed by atoms with Crippen LogP contribution in [0.5, 0.6) is 11.5 Å². The number of hydrogen-bond acceptors (Lipinski definition) is 3. The summed E-state index contributed by atoms with van der Waals surface area (Å²) in [5, 5.41) is 2.82. The van der Waals surface area contributed by atoms with E-state index in [1.54, 1.807) is 7.11 Å². The van der Waals surface area contributed by atoms with E-state index in [0.29, 0.717) is 17.2 Å². The Morgan fingerprint density at radius 3 is 2.40 bits per heavy atom. The third-order valence-electron chi connectivity index (χ3n) is 3.79. The number of rotatable bonds is 5. The highest BCUT2D eigenvalue weighted by molar-refractivity contribution is 9.10. The average molecular weight is 406 g/mol. The van der Waals surface area contributed by atoms with Gasteiger partial charge in [-0.1, -0.05) is 32.9 Å². The second-order valence-corrected chi connectivity index (χ2v) is 7.79. The van der Waals surface area contributed by atoms with Crippen LogP contribution >= 0.6 is 15.9 Å². The molecule has 2 aromatic carbocycles. The molecular weight excluding hydrogens is 382 g/mol. The van der Waals surface area contributed by atoms with Gasteiger partial charge in [-0.25, -0.2) is 0 Å². The summed E-state index contributed by atoms with van der Waals surface area (Å²) in [6.45, 7) is 8.33. The fourth-order valence-corrected chi connectivity index (χ4v) is 2.83. The highest BCUT2D eigenvalue weighted by atomic mass is 79.9. The number of carbonyl (C=O) groups excluding carboxylic acids is 1. The average Bonchev–Trinajstić information content (AvgIpc) is 2.53. The van der Waals surface area contributed by atoms with E-state index >= 15 is 0 Å². The molecule has 25 heavy (non-hydrogen) atoms. The lowest BCUT2D eigenvalue weighted by Crippen LogP contribution is -2.21. The SMILES string of the molecule is COc1ccc(C)cc1NC(=O)COc1ccc(C(C)(C)C)cc1Br. The van der Waals surface area contributed by atoms with Gasteiger partial charge in [-0.3, -0.25) is 4.79 Å². The van der Waals surface area contributed by atoms with Crippen molar-refractivity contribution in [2.75, 3.05) is 19.0 Å². The van der Waals surface area contributed by atoms with Crippen LogP contribution in [-0.2, 0) is 10.2 Å². The Hall–Kier alpha value is -2.01. The molecule has 0 saturated carbocycles. The predicted octanol–water partition coefficient (Wildman–Crippen LogP) is 5.08. The Morgan fingerprint density at radius 2 is 1.80 bits per heavy atom. The number of nitrogens with one attached hydrogen (secondary N) is 1. The fourth-order valence-electron chi connectivity index (χ4n) is 2.33. The predicted molar refractivity (Wildman–Crippen MR) is 105 cm³/mol. The van der Waals surface area contributed by atoms with E-state index < -0.39 is 0 Å². The van der Waals surface area contributed by atoms with Gasteiger partial charge in [0.2, 0.25) is 0 Å². The number of aryl methyl sites for hydroxylation is 1. The minimum absolute atomic E-state index is 0.0557. The van der Waals surface area contributed by atoms with Crippen LogP contribution < -0.4 is 14.8 Å². The molecule has 0 atom stereocenters. The van der Waals surface area contributed by atoms with Crippen LogP contribution in [-0.4, -0.2) is 19.6 Å². The number of anilines is 1. The van der Waals surface area contributed by atoms with Crippen molar-refractivity contribution in [3.63, 3.8) is 0 Å². The zero-order valence-electron chi connectivity index (χ0n) is 15.3. The van der Waals surface area contributed by atoms with Crippen LogP contribution in [0.1, 0.15) is 31.9 Å². The first kappa shape index (κ1) is 19.3. The molecule has 2 aromatic rings. The summed E-state index contributed by atoms with van der Waals surface area (Å²) in [7, 11) is 1.57. The molecule has 5 heteroatoms. The number of carbonyl (C=O) groups is 1. The van der Waals surface area contributed by atoms with Crippen molar-refractivity contribution < 1.29 is 14.3 Å². The highest BCUT2D eigenvalue weighted by Gasteiger charge is 2.16. The van der Waals surface area contributed by atoms with Crippen molar-refractivity contribution in [2.45, 2.75) is 33.1 Å². The second-order valence-electron chi connectivity index (χ2n) is 6.94. The van der Waals surface area contributed by atoms with E-state index in [1.165, 1.54) is 5.56 Å². The van der Waals surface area contributed by atoms with Crippen molar-refractivity contribution in [1.82, 2.24) is 0 Å². The van der Waals surface area contributed by atoms with Crippen molar-refractivity contribution in [1.29, 1.82) is 0 Å². The number of amides is 1. The minimum atomic E-state index is -0.240. The quantitative estimate of drug-likeness (QED) is 0.753. The first-order valence-corrected chi connectivity index (χ1v) is 8.87. The maximum atomic E-state index is 12.2. The third kappa shape index (κ3) is 5.23. The van der Waals surface area contributed by atoms with Crippen molar-refractivity contribution >= 4 is 27.5 Å². The summed E-state index contributed by atoms with van der Waals surface area (Å²) in [4.78, 5) is 12.2. The monoisotopic (exact) mass is 405 g/mol. The molecule has 0 aliphatic carbocycles. The molecule has 4 nitrogen and oxygen atoms in total.